The summed E-state index contributed by atoms with van der Waals surface area (Å²) in [6.07, 6.45) is 0. The molecule has 0 radical (unpaired) electrons. The van der Waals surface area contributed by atoms with Crippen molar-refractivity contribution in [1.29, 1.82) is 0 Å². The quantitative estimate of drug-likeness (QED) is 0.448. The molecule has 0 atom stereocenters. The van der Waals surface area contributed by atoms with Gasteiger partial charge in [-0.25, -0.2) is 0 Å². The van der Waals surface area contributed by atoms with E-state index < -0.39 is 0 Å². The molecular formula is C17H13N. The number of aromatic nitrogens is 1. The van der Waals surface area contributed by atoms with E-state index in [1.165, 1.54) is 38.1 Å². The summed E-state index contributed by atoms with van der Waals surface area (Å²) in [6, 6.07) is 19.5. The zero-order chi connectivity index (χ0) is 12.1. The zero-order valence-corrected chi connectivity index (χ0v) is 10.2. The van der Waals surface area contributed by atoms with E-state index >= 15 is 0 Å². The van der Waals surface area contributed by atoms with E-state index in [0.29, 0.717) is 0 Å². The van der Waals surface area contributed by atoms with Gasteiger partial charge in [0.1, 0.15) is 0 Å². The molecule has 0 unspecified atom stereocenters. The van der Waals surface area contributed by atoms with Crippen molar-refractivity contribution in [1.82, 2.24) is 4.98 Å². The second-order valence-corrected chi connectivity index (χ2v) is 4.88. The van der Waals surface area contributed by atoms with Gasteiger partial charge in [-0.1, -0.05) is 48.0 Å². The van der Waals surface area contributed by atoms with Gasteiger partial charge < -0.3 is 4.98 Å². The Morgan fingerprint density at radius 3 is 2.61 bits per heavy atom. The molecule has 1 aromatic heterocycles. The number of rotatable bonds is 0. The Hall–Kier alpha value is -2.28. The van der Waals surface area contributed by atoms with Crippen molar-refractivity contribution >= 4 is 32.6 Å². The van der Waals surface area contributed by atoms with E-state index in [0.717, 1.165) is 0 Å². The monoisotopic (exact) mass is 231 g/mol. The van der Waals surface area contributed by atoms with E-state index in [9.17, 15) is 0 Å². The molecule has 18 heavy (non-hydrogen) atoms. The highest BCUT2D eigenvalue weighted by molar-refractivity contribution is 6.16. The number of hydrogen-bond donors (Lipinski definition) is 1. The van der Waals surface area contributed by atoms with Crippen LogP contribution in [0.4, 0.5) is 0 Å². The molecule has 4 rings (SSSR count). The first kappa shape index (κ1) is 9.72. The van der Waals surface area contributed by atoms with Crippen molar-refractivity contribution in [3.63, 3.8) is 0 Å². The predicted molar refractivity (Wildman–Crippen MR) is 78.0 cm³/mol. The number of hydrogen-bond acceptors (Lipinski definition) is 0. The number of aryl methyl sites for hydroxylation is 1. The summed E-state index contributed by atoms with van der Waals surface area (Å²) < 4.78 is 0. The SMILES string of the molecule is Cc1ccc2[nH]c3c4ccccc4ccc3c2c1. The molecule has 0 saturated carbocycles. The lowest BCUT2D eigenvalue weighted by molar-refractivity contribution is 1.49. The first-order valence-corrected chi connectivity index (χ1v) is 6.23. The first-order chi connectivity index (χ1) is 8.83. The second kappa shape index (κ2) is 3.36. The summed E-state index contributed by atoms with van der Waals surface area (Å²) in [4.78, 5) is 3.55. The van der Waals surface area contributed by atoms with Gasteiger partial charge >= 0.3 is 0 Å². The molecule has 4 aromatic rings. The zero-order valence-electron chi connectivity index (χ0n) is 10.2. The number of H-pyrrole nitrogens is 1. The smallest absolute Gasteiger partial charge is 0.0544 e. The average Bonchev–Trinajstić information content (AvgIpc) is 2.77. The van der Waals surface area contributed by atoms with Crippen LogP contribution in [0.3, 0.4) is 0 Å². The van der Waals surface area contributed by atoms with Crippen LogP contribution in [-0.4, -0.2) is 4.98 Å². The third kappa shape index (κ3) is 1.22. The minimum absolute atomic E-state index is 1.21. The molecule has 0 aliphatic rings. The summed E-state index contributed by atoms with van der Waals surface area (Å²) >= 11 is 0. The molecule has 1 N–H and O–H groups in total. The maximum absolute atomic E-state index is 3.55. The Morgan fingerprint density at radius 2 is 1.67 bits per heavy atom. The molecule has 0 amide bonds. The fraction of sp³-hybridized carbons (Fsp3) is 0.0588. The topological polar surface area (TPSA) is 15.8 Å². The van der Waals surface area contributed by atoms with Crippen LogP contribution < -0.4 is 0 Å². The van der Waals surface area contributed by atoms with E-state index in [-0.39, 0.29) is 0 Å². The van der Waals surface area contributed by atoms with Crippen molar-refractivity contribution in [3.8, 4) is 0 Å². The van der Waals surface area contributed by atoms with Crippen LogP contribution in [0.25, 0.3) is 32.6 Å². The van der Waals surface area contributed by atoms with Crippen LogP contribution in [0, 0.1) is 6.92 Å². The lowest BCUT2D eigenvalue weighted by Gasteiger charge is -1.98. The minimum atomic E-state index is 1.21. The van der Waals surface area contributed by atoms with Crippen LogP contribution in [0.1, 0.15) is 5.56 Å². The summed E-state index contributed by atoms with van der Waals surface area (Å²) in [5, 5.41) is 5.21. The number of fused-ring (bicyclic) bond motifs is 5. The van der Waals surface area contributed by atoms with Crippen LogP contribution in [0.2, 0.25) is 0 Å². The van der Waals surface area contributed by atoms with Crippen LogP contribution in [0.15, 0.2) is 54.6 Å². The number of benzene rings is 3. The summed E-state index contributed by atoms with van der Waals surface area (Å²) in [5.74, 6) is 0. The van der Waals surface area contributed by atoms with Crippen molar-refractivity contribution < 1.29 is 0 Å². The van der Waals surface area contributed by atoms with Gasteiger partial charge in [0.15, 0.2) is 0 Å². The van der Waals surface area contributed by atoms with Crippen molar-refractivity contribution in [2.24, 2.45) is 0 Å². The average molecular weight is 231 g/mol. The summed E-state index contributed by atoms with van der Waals surface area (Å²) in [6.45, 7) is 2.14. The Balaban J connectivity index is 2.30. The third-order valence-electron chi connectivity index (χ3n) is 3.65. The summed E-state index contributed by atoms with van der Waals surface area (Å²) in [5.41, 5.74) is 3.76. The lowest BCUT2D eigenvalue weighted by Crippen LogP contribution is -1.74. The Morgan fingerprint density at radius 1 is 0.778 bits per heavy atom. The molecule has 3 aromatic carbocycles. The molecule has 0 aliphatic heterocycles. The molecule has 86 valence electrons. The highest BCUT2D eigenvalue weighted by Gasteiger charge is 2.06. The van der Waals surface area contributed by atoms with E-state index in [1.54, 1.807) is 0 Å². The maximum atomic E-state index is 3.55. The predicted octanol–water partition coefficient (Wildman–Crippen LogP) is 4.78. The van der Waals surface area contributed by atoms with Crippen molar-refractivity contribution in [2.45, 2.75) is 6.92 Å². The molecular weight excluding hydrogens is 218 g/mol. The van der Waals surface area contributed by atoms with Gasteiger partial charge in [0.05, 0.1) is 5.52 Å². The molecule has 1 heteroatoms. The molecule has 0 aliphatic carbocycles. The van der Waals surface area contributed by atoms with Crippen LogP contribution >= 0.6 is 0 Å². The first-order valence-electron chi connectivity index (χ1n) is 6.23. The Kier molecular flexibility index (Phi) is 1.81. The van der Waals surface area contributed by atoms with Gasteiger partial charge in [-0.15, -0.1) is 0 Å². The van der Waals surface area contributed by atoms with Gasteiger partial charge in [0.25, 0.3) is 0 Å². The van der Waals surface area contributed by atoms with Gasteiger partial charge in [0, 0.05) is 21.7 Å². The van der Waals surface area contributed by atoms with E-state index in [1.807, 2.05) is 0 Å². The third-order valence-corrected chi connectivity index (χ3v) is 3.65. The highest BCUT2D eigenvalue weighted by atomic mass is 14.7. The fourth-order valence-electron chi connectivity index (χ4n) is 2.76. The molecule has 0 saturated heterocycles. The number of aromatic amines is 1. The minimum Gasteiger partial charge on any atom is -0.354 e. The summed E-state index contributed by atoms with van der Waals surface area (Å²) in [7, 11) is 0. The molecule has 0 spiro atoms. The van der Waals surface area contributed by atoms with Crippen LogP contribution in [0.5, 0.6) is 0 Å². The lowest BCUT2D eigenvalue weighted by atomic mass is 10.1. The molecule has 0 bridgehead atoms. The Labute approximate surface area is 105 Å². The molecule has 0 fully saturated rings. The molecule has 1 heterocycles. The maximum Gasteiger partial charge on any atom is 0.0544 e. The van der Waals surface area contributed by atoms with Gasteiger partial charge in [-0.3, -0.25) is 0 Å². The standard InChI is InChI=1S/C17H13N/c1-11-6-9-16-15(10-11)14-8-7-12-4-2-3-5-13(12)17(14)18-16/h2-10,18H,1H3. The van der Waals surface area contributed by atoms with Gasteiger partial charge in [-0.05, 0) is 24.4 Å². The van der Waals surface area contributed by atoms with Crippen molar-refractivity contribution in [2.75, 3.05) is 0 Å². The second-order valence-electron chi connectivity index (χ2n) is 4.88. The van der Waals surface area contributed by atoms with Crippen LogP contribution in [-0.2, 0) is 0 Å². The number of nitrogens with one attached hydrogen (secondary N) is 1. The van der Waals surface area contributed by atoms with Crippen molar-refractivity contribution in [3.05, 3.63) is 60.2 Å². The largest absolute Gasteiger partial charge is 0.354 e. The van der Waals surface area contributed by atoms with E-state index in [4.69, 9.17) is 0 Å². The van der Waals surface area contributed by atoms with Gasteiger partial charge in [-0.2, -0.15) is 0 Å². The highest BCUT2D eigenvalue weighted by Crippen LogP contribution is 2.31. The Bertz CT molecular complexity index is 884. The normalized spacial score (nSPS) is 11.6. The molecule has 1 nitrogen and oxygen atoms in total. The van der Waals surface area contributed by atoms with E-state index in [2.05, 4.69) is 66.5 Å². The fourth-order valence-corrected chi connectivity index (χ4v) is 2.76. The van der Waals surface area contributed by atoms with Gasteiger partial charge in [0.2, 0.25) is 0 Å².